The van der Waals surface area contributed by atoms with E-state index in [0.717, 1.165) is 0 Å². The highest BCUT2D eigenvalue weighted by Gasteiger charge is 2.15. The lowest BCUT2D eigenvalue weighted by Gasteiger charge is -2.09. The average Bonchev–Trinajstić information content (AvgIpc) is 3.08. The van der Waals surface area contributed by atoms with Crippen LogP contribution in [0.1, 0.15) is 25.7 Å². The van der Waals surface area contributed by atoms with Crippen LogP contribution in [-0.2, 0) is 80.9 Å². The van der Waals surface area contributed by atoms with Crippen molar-refractivity contribution in [2.24, 2.45) is 0 Å². The highest BCUT2D eigenvalue weighted by Crippen LogP contribution is 1.96. The van der Waals surface area contributed by atoms with Gasteiger partial charge in [-0.1, -0.05) is 0 Å². The molecule has 0 amide bonds. The molecule has 0 aliphatic carbocycles. The zero-order valence-corrected chi connectivity index (χ0v) is 27.8. The van der Waals surface area contributed by atoms with Crippen molar-refractivity contribution in [3.05, 3.63) is 0 Å². The van der Waals surface area contributed by atoms with Gasteiger partial charge in [0.2, 0.25) is 11.6 Å². The Kier molecular flexibility index (Phi) is 32.5. The number of aliphatic carboxylic acids is 2. The van der Waals surface area contributed by atoms with Gasteiger partial charge in [0.15, 0.2) is 0 Å². The fourth-order valence-electron chi connectivity index (χ4n) is 3.08. The van der Waals surface area contributed by atoms with Gasteiger partial charge >= 0.3 is 23.9 Å². The molecule has 0 unspecified atom stereocenters. The van der Waals surface area contributed by atoms with Crippen molar-refractivity contribution in [1.82, 2.24) is 0 Å². The second-order valence-corrected chi connectivity index (χ2v) is 9.41. The van der Waals surface area contributed by atoms with E-state index in [-0.39, 0.29) is 39.3 Å². The van der Waals surface area contributed by atoms with E-state index in [4.69, 9.17) is 62.3 Å². The van der Waals surface area contributed by atoms with E-state index in [1.165, 1.54) is 0 Å². The second-order valence-electron chi connectivity index (χ2n) is 9.41. The van der Waals surface area contributed by atoms with E-state index in [1.807, 2.05) is 0 Å². The van der Waals surface area contributed by atoms with Gasteiger partial charge in [0.25, 0.3) is 0 Å². The first-order valence-electron chi connectivity index (χ1n) is 15.8. The minimum absolute atomic E-state index is 0.00122. The summed E-state index contributed by atoms with van der Waals surface area (Å²) in [7, 11) is 0. The minimum atomic E-state index is -1.57. The summed E-state index contributed by atoms with van der Waals surface area (Å²) in [5, 5.41) is 16.9. The zero-order chi connectivity index (χ0) is 36.2. The molecule has 0 rings (SSSR count). The van der Waals surface area contributed by atoms with Crippen LogP contribution in [0, 0.1) is 0 Å². The number of rotatable bonds is 38. The fourth-order valence-corrected chi connectivity index (χ4v) is 3.08. The molecule has 0 aliphatic heterocycles. The minimum Gasteiger partial charge on any atom is -0.476 e. The van der Waals surface area contributed by atoms with Gasteiger partial charge in [0.05, 0.1) is 132 Å². The molecular formula is C30H50O19. The molecule has 0 spiro atoms. The lowest BCUT2D eigenvalue weighted by Crippen LogP contribution is -2.17. The number of carbonyl (C=O) groups excluding carboxylic acids is 4. The zero-order valence-electron chi connectivity index (χ0n) is 27.8. The van der Waals surface area contributed by atoms with E-state index in [9.17, 15) is 28.8 Å². The fraction of sp³-hybridized carbons (Fsp3) is 0.800. The van der Waals surface area contributed by atoms with E-state index in [2.05, 4.69) is 0 Å². The molecule has 0 radical (unpaired) electrons. The molecule has 0 heterocycles. The summed E-state index contributed by atoms with van der Waals surface area (Å²) >= 11 is 0. The van der Waals surface area contributed by atoms with Crippen LogP contribution in [0.3, 0.4) is 0 Å². The average molecular weight is 715 g/mol. The first-order chi connectivity index (χ1) is 23.7. The van der Waals surface area contributed by atoms with Crippen LogP contribution in [0.5, 0.6) is 0 Å². The normalized spacial score (nSPS) is 10.9. The van der Waals surface area contributed by atoms with Gasteiger partial charge in [-0.05, 0) is 0 Å². The van der Waals surface area contributed by atoms with Crippen molar-refractivity contribution >= 4 is 35.4 Å². The van der Waals surface area contributed by atoms with Crippen molar-refractivity contribution < 1.29 is 91.1 Å². The molecule has 19 heteroatoms. The van der Waals surface area contributed by atoms with Crippen molar-refractivity contribution in [1.29, 1.82) is 0 Å². The third-order valence-electron chi connectivity index (χ3n) is 5.55. The number of hydrogen-bond acceptors (Lipinski definition) is 17. The van der Waals surface area contributed by atoms with Gasteiger partial charge in [-0.25, -0.2) is 9.59 Å². The summed E-state index contributed by atoms with van der Waals surface area (Å²) in [6, 6.07) is 0. The summed E-state index contributed by atoms with van der Waals surface area (Å²) in [6.45, 7) is 6.48. The topological polar surface area (TPSA) is 244 Å². The molecule has 0 saturated carbocycles. The maximum absolute atomic E-state index is 11.4. The lowest BCUT2D eigenvalue weighted by molar-refractivity contribution is -0.151. The Hall–Kier alpha value is -3.14. The van der Waals surface area contributed by atoms with E-state index in [1.54, 1.807) is 0 Å². The van der Waals surface area contributed by atoms with E-state index in [0.29, 0.717) is 106 Å². The Bertz CT molecular complexity index is 826. The smallest absolute Gasteiger partial charge is 0.372 e. The van der Waals surface area contributed by atoms with Gasteiger partial charge in [0, 0.05) is 12.8 Å². The number of esters is 2. The maximum Gasteiger partial charge on any atom is 0.372 e. The number of hydrogen-bond donors (Lipinski definition) is 2. The Morgan fingerprint density at radius 2 is 0.469 bits per heavy atom. The quantitative estimate of drug-likeness (QED) is 0.0446. The Morgan fingerprint density at radius 3 is 0.653 bits per heavy atom. The summed E-state index contributed by atoms with van der Waals surface area (Å²) < 4.78 is 57.8. The number of carbonyl (C=O) groups is 6. The van der Waals surface area contributed by atoms with Crippen molar-refractivity contribution in [2.45, 2.75) is 25.7 Å². The molecule has 49 heavy (non-hydrogen) atoms. The third kappa shape index (κ3) is 34.5. The SMILES string of the molecule is O=C(CCC(=O)C(=O)O)OCCOCCOCCOCCOCCOCCOCCOCCOCCOCCOC(=O)CCC(=O)C(=O)O. The van der Waals surface area contributed by atoms with Crippen molar-refractivity contribution in [2.75, 3.05) is 132 Å². The molecule has 0 bridgehead atoms. The summed E-state index contributed by atoms with van der Waals surface area (Å²) in [5.74, 6) is -6.55. The van der Waals surface area contributed by atoms with Crippen LogP contribution in [-0.4, -0.2) is 178 Å². The largest absolute Gasteiger partial charge is 0.476 e. The lowest BCUT2D eigenvalue weighted by atomic mass is 10.2. The van der Waals surface area contributed by atoms with Crippen LogP contribution in [0.25, 0.3) is 0 Å². The second kappa shape index (κ2) is 34.7. The maximum atomic E-state index is 11.4. The number of carboxylic acid groups (broad SMARTS) is 2. The van der Waals surface area contributed by atoms with Crippen molar-refractivity contribution in [3.63, 3.8) is 0 Å². The molecule has 0 atom stereocenters. The van der Waals surface area contributed by atoms with Crippen LogP contribution in [0.15, 0.2) is 0 Å². The van der Waals surface area contributed by atoms with Gasteiger partial charge in [-0.3, -0.25) is 19.2 Å². The Balaban J connectivity index is 3.19. The molecule has 0 fully saturated rings. The summed E-state index contributed by atoms with van der Waals surface area (Å²) in [6.07, 6.45) is -1.37. The Morgan fingerprint density at radius 1 is 0.286 bits per heavy atom. The highest BCUT2D eigenvalue weighted by atomic mass is 16.6. The van der Waals surface area contributed by atoms with Crippen LogP contribution >= 0.6 is 0 Å². The van der Waals surface area contributed by atoms with Crippen LogP contribution in [0.4, 0.5) is 0 Å². The van der Waals surface area contributed by atoms with Gasteiger partial charge in [0.1, 0.15) is 13.2 Å². The predicted octanol–water partition coefficient (Wildman–Crippen LogP) is -0.910. The van der Waals surface area contributed by atoms with Gasteiger partial charge < -0.3 is 62.3 Å². The molecular weight excluding hydrogens is 664 g/mol. The number of ketones is 2. The molecule has 0 aliphatic rings. The number of carboxylic acids is 2. The van der Waals surface area contributed by atoms with Crippen molar-refractivity contribution in [3.8, 4) is 0 Å². The molecule has 0 saturated heterocycles. The standard InChI is InChI=1S/C30H50O19/c31-25(29(35)36)1-3-27(33)48-23-21-46-19-17-44-15-13-42-11-9-40-7-5-39-6-8-41-10-12-43-14-16-45-18-20-47-22-24-49-28(34)4-2-26(32)30(37)38/h1-24H2,(H,35,36)(H,37,38). The molecule has 19 nitrogen and oxygen atoms in total. The molecule has 0 aromatic rings. The van der Waals surface area contributed by atoms with Crippen LogP contribution < -0.4 is 0 Å². The molecule has 0 aromatic carbocycles. The van der Waals surface area contributed by atoms with Crippen LogP contribution in [0.2, 0.25) is 0 Å². The summed E-state index contributed by atoms with van der Waals surface area (Å²) in [4.78, 5) is 65.2. The Labute approximate surface area is 284 Å². The van der Waals surface area contributed by atoms with E-state index < -0.39 is 48.3 Å². The summed E-state index contributed by atoms with van der Waals surface area (Å²) in [5.41, 5.74) is 0. The number of Topliss-reactive ketones (excluding diaryl/α,β-unsaturated/α-hetero) is 2. The first-order valence-corrected chi connectivity index (χ1v) is 15.8. The van der Waals surface area contributed by atoms with Gasteiger partial charge in [-0.2, -0.15) is 0 Å². The molecule has 2 N–H and O–H groups in total. The molecule has 284 valence electrons. The first kappa shape index (κ1) is 45.9. The van der Waals surface area contributed by atoms with E-state index >= 15 is 0 Å². The van der Waals surface area contributed by atoms with Gasteiger partial charge in [-0.15, -0.1) is 0 Å². The molecule has 0 aromatic heterocycles. The third-order valence-corrected chi connectivity index (χ3v) is 5.55. The highest BCUT2D eigenvalue weighted by molar-refractivity contribution is 6.33. The monoisotopic (exact) mass is 714 g/mol. The number of ether oxygens (including phenoxy) is 11. The predicted molar refractivity (Wildman–Crippen MR) is 163 cm³/mol.